The van der Waals surface area contributed by atoms with Crippen LogP contribution >= 0.6 is 0 Å². The van der Waals surface area contributed by atoms with Crippen molar-refractivity contribution in [2.24, 2.45) is 10.9 Å². The highest BCUT2D eigenvalue weighted by Crippen LogP contribution is 2.21. The van der Waals surface area contributed by atoms with E-state index in [4.69, 9.17) is 6.42 Å². The molecule has 1 fully saturated rings. The Morgan fingerprint density at radius 2 is 2.05 bits per heavy atom. The lowest BCUT2D eigenvalue weighted by atomic mass is 9.90. The topological polar surface area (TPSA) is 27.6 Å². The molecule has 1 saturated heterocycles. The second-order valence-electron chi connectivity index (χ2n) is 5.23. The Balaban J connectivity index is 1.82. The van der Waals surface area contributed by atoms with Crippen LogP contribution in [0.3, 0.4) is 0 Å². The molecule has 0 saturated carbocycles. The predicted molar refractivity (Wildman–Crippen MR) is 84.6 cm³/mol. The molecule has 0 aromatic heterocycles. The average Bonchev–Trinajstić information content (AvgIpc) is 2.50. The van der Waals surface area contributed by atoms with Gasteiger partial charge in [0, 0.05) is 20.1 Å². The third kappa shape index (κ3) is 4.03. The van der Waals surface area contributed by atoms with Crippen LogP contribution in [0.15, 0.2) is 35.3 Å². The number of nitrogens with one attached hydrogen (secondary N) is 1. The highest BCUT2D eigenvalue weighted by molar-refractivity contribution is 5.80. The second kappa shape index (κ2) is 7.59. The Morgan fingerprint density at radius 1 is 1.35 bits per heavy atom. The first kappa shape index (κ1) is 14.5. The molecule has 1 aromatic carbocycles. The fourth-order valence-electron chi connectivity index (χ4n) is 2.76. The van der Waals surface area contributed by atoms with E-state index in [9.17, 15) is 0 Å². The maximum Gasteiger partial charge on any atom is 0.194 e. The van der Waals surface area contributed by atoms with Crippen LogP contribution in [0.25, 0.3) is 0 Å². The summed E-state index contributed by atoms with van der Waals surface area (Å²) in [6.45, 7) is 2.65. The van der Waals surface area contributed by atoms with Gasteiger partial charge in [-0.05, 0) is 30.7 Å². The molecule has 0 aliphatic carbocycles. The largest absolute Gasteiger partial charge is 0.345 e. The minimum atomic E-state index is 0.538. The third-order valence-electron chi connectivity index (χ3n) is 3.84. The standard InChI is InChI=1S/C17H23N3/c1-3-11-19-17(18-2)20-12-9-16(10-13-20)14-15-7-5-4-6-8-15/h1,4-8,16H,9-14H2,2H3,(H,18,19). The van der Waals surface area contributed by atoms with Gasteiger partial charge >= 0.3 is 0 Å². The van der Waals surface area contributed by atoms with Crippen LogP contribution < -0.4 is 5.32 Å². The van der Waals surface area contributed by atoms with Gasteiger partial charge in [0.15, 0.2) is 5.96 Å². The van der Waals surface area contributed by atoms with Gasteiger partial charge in [0.25, 0.3) is 0 Å². The zero-order chi connectivity index (χ0) is 14.2. The smallest absolute Gasteiger partial charge is 0.194 e. The SMILES string of the molecule is C#CCNC(=NC)N1CCC(Cc2ccccc2)CC1. The van der Waals surface area contributed by atoms with Crippen LogP contribution in [0.5, 0.6) is 0 Å². The monoisotopic (exact) mass is 269 g/mol. The fourth-order valence-corrected chi connectivity index (χ4v) is 2.76. The van der Waals surface area contributed by atoms with Crippen LogP contribution in [0, 0.1) is 18.3 Å². The van der Waals surface area contributed by atoms with Gasteiger partial charge in [0.1, 0.15) is 0 Å². The summed E-state index contributed by atoms with van der Waals surface area (Å²) in [5.41, 5.74) is 1.45. The van der Waals surface area contributed by atoms with E-state index in [2.05, 4.69) is 51.5 Å². The first-order valence-electron chi connectivity index (χ1n) is 7.26. The van der Waals surface area contributed by atoms with Crippen LogP contribution in [0.2, 0.25) is 0 Å². The van der Waals surface area contributed by atoms with Gasteiger partial charge in [0.05, 0.1) is 6.54 Å². The summed E-state index contributed by atoms with van der Waals surface area (Å²) in [4.78, 5) is 6.60. The van der Waals surface area contributed by atoms with Crippen molar-refractivity contribution in [1.82, 2.24) is 10.2 Å². The molecular weight excluding hydrogens is 246 g/mol. The first-order valence-corrected chi connectivity index (χ1v) is 7.26. The minimum Gasteiger partial charge on any atom is -0.345 e. The lowest BCUT2D eigenvalue weighted by Gasteiger charge is -2.34. The molecule has 0 unspecified atom stereocenters. The average molecular weight is 269 g/mol. The van der Waals surface area contributed by atoms with Crippen LogP contribution in [-0.4, -0.2) is 37.5 Å². The molecule has 1 heterocycles. The summed E-state index contributed by atoms with van der Waals surface area (Å²) in [7, 11) is 1.81. The molecule has 0 radical (unpaired) electrons. The van der Waals surface area contributed by atoms with Gasteiger partial charge < -0.3 is 10.2 Å². The highest BCUT2D eigenvalue weighted by atomic mass is 15.3. The molecule has 20 heavy (non-hydrogen) atoms. The number of benzene rings is 1. The molecule has 106 valence electrons. The number of guanidine groups is 1. The van der Waals surface area contributed by atoms with Crippen molar-refractivity contribution >= 4 is 5.96 Å². The van der Waals surface area contributed by atoms with Gasteiger partial charge in [-0.2, -0.15) is 0 Å². The van der Waals surface area contributed by atoms with E-state index in [0.29, 0.717) is 6.54 Å². The van der Waals surface area contributed by atoms with E-state index in [1.807, 2.05) is 7.05 Å². The number of rotatable bonds is 3. The second-order valence-corrected chi connectivity index (χ2v) is 5.23. The van der Waals surface area contributed by atoms with E-state index < -0.39 is 0 Å². The molecule has 0 amide bonds. The maximum absolute atomic E-state index is 5.28. The number of terminal acetylenes is 1. The van der Waals surface area contributed by atoms with Gasteiger partial charge in [0.2, 0.25) is 0 Å². The molecule has 3 nitrogen and oxygen atoms in total. The number of hydrogen-bond acceptors (Lipinski definition) is 1. The van der Waals surface area contributed by atoms with E-state index in [1.54, 1.807) is 0 Å². The number of hydrogen-bond donors (Lipinski definition) is 1. The van der Waals surface area contributed by atoms with Gasteiger partial charge in [-0.15, -0.1) is 6.42 Å². The predicted octanol–water partition coefficient (Wildman–Crippen LogP) is 2.15. The molecule has 1 N–H and O–H groups in total. The lowest BCUT2D eigenvalue weighted by Crippen LogP contribution is -2.45. The summed E-state index contributed by atoms with van der Waals surface area (Å²) in [5, 5.41) is 3.19. The molecule has 3 heteroatoms. The van der Waals surface area contributed by atoms with Crippen molar-refractivity contribution in [2.45, 2.75) is 19.3 Å². The molecule has 1 aliphatic rings. The van der Waals surface area contributed by atoms with Crippen molar-refractivity contribution in [3.8, 4) is 12.3 Å². The molecule has 1 aromatic rings. The fraction of sp³-hybridized carbons (Fsp3) is 0.471. The quantitative estimate of drug-likeness (QED) is 0.517. The Hall–Kier alpha value is -1.95. The van der Waals surface area contributed by atoms with E-state index in [0.717, 1.165) is 25.0 Å². The Morgan fingerprint density at radius 3 is 2.65 bits per heavy atom. The van der Waals surface area contributed by atoms with Gasteiger partial charge in [-0.1, -0.05) is 36.3 Å². The Kier molecular flexibility index (Phi) is 5.49. The Labute approximate surface area is 122 Å². The van der Waals surface area contributed by atoms with Crippen molar-refractivity contribution < 1.29 is 0 Å². The van der Waals surface area contributed by atoms with Crippen molar-refractivity contribution in [1.29, 1.82) is 0 Å². The number of piperidine rings is 1. The Bertz CT molecular complexity index is 465. The molecule has 2 rings (SSSR count). The summed E-state index contributed by atoms with van der Waals surface area (Å²) in [6.07, 6.45) is 8.90. The molecule has 0 spiro atoms. The van der Waals surface area contributed by atoms with Crippen LogP contribution in [-0.2, 0) is 6.42 Å². The normalized spacial score (nSPS) is 16.8. The number of nitrogens with zero attached hydrogens (tertiary/aromatic N) is 2. The minimum absolute atomic E-state index is 0.538. The van der Waals surface area contributed by atoms with E-state index in [1.165, 1.54) is 24.8 Å². The van der Waals surface area contributed by atoms with Gasteiger partial charge in [-0.3, -0.25) is 4.99 Å². The molecule has 0 atom stereocenters. The number of likely N-dealkylation sites (tertiary alicyclic amines) is 1. The summed E-state index contributed by atoms with van der Waals surface area (Å²) in [5.74, 6) is 4.30. The summed E-state index contributed by atoms with van der Waals surface area (Å²) < 4.78 is 0. The van der Waals surface area contributed by atoms with Crippen molar-refractivity contribution in [2.75, 3.05) is 26.7 Å². The van der Waals surface area contributed by atoms with Crippen molar-refractivity contribution in [3.63, 3.8) is 0 Å². The van der Waals surface area contributed by atoms with E-state index >= 15 is 0 Å². The third-order valence-corrected chi connectivity index (χ3v) is 3.84. The highest BCUT2D eigenvalue weighted by Gasteiger charge is 2.21. The van der Waals surface area contributed by atoms with Crippen molar-refractivity contribution in [3.05, 3.63) is 35.9 Å². The van der Waals surface area contributed by atoms with Crippen LogP contribution in [0.1, 0.15) is 18.4 Å². The van der Waals surface area contributed by atoms with Crippen LogP contribution in [0.4, 0.5) is 0 Å². The maximum atomic E-state index is 5.28. The first-order chi connectivity index (χ1) is 9.83. The molecule has 0 bridgehead atoms. The molecule has 1 aliphatic heterocycles. The molecular formula is C17H23N3. The zero-order valence-electron chi connectivity index (χ0n) is 12.2. The lowest BCUT2D eigenvalue weighted by molar-refractivity contribution is 0.259. The van der Waals surface area contributed by atoms with Gasteiger partial charge in [-0.25, -0.2) is 0 Å². The summed E-state index contributed by atoms with van der Waals surface area (Å²) >= 11 is 0. The number of aliphatic imine (C=N–C) groups is 1. The zero-order valence-corrected chi connectivity index (χ0v) is 12.2. The summed E-state index contributed by atoms with van der Waals surface area (Å²) in [6, 6.07) is 10.8. The van der Waals surface area contributed by atoms with E-state index in [-0.39, 0.29) is 0 Å².